The largest absolute Gasteiger partial charge is 0.462 e. The molecule has 102 valence electrons. The molecular weight excluding hydrogens is 258 g/mol. The minimum Gasteiger partial charge on any atom is -0.462 e. The lowest BCUT2D eigenvalue weighted by atomic mass is 10.1. The molecule has 9 nitrogen and oxygen atoms in total. The topological polar surface area (TPSA) is 125 Å². The van der Waals surface area contributed by atoms with Gasteiger partial charge in [-0.2, -0.15) is 0 Å². The van der Waals surface area contributed by atoms with E-state index in [0.717, 1.165) is 12.1 Å². The Morgan fingerprint density at radius 1 is 1.26 bits per heavy atom. The lowest BCUT2D eigenvalue weighted by molar-refractivity contribution is -0.392. The molecule has 1 N–H and O–H groups in total. The molecule has 0 aliphatic rings. The molecule has 9 heteroatoms. The highest BCUT2D eigenvalue weighted by atomic mass is 16.6. The van der Waals surface area contributed by atoms with Crippen molar-refractivity contribution in [2.45, 2.75) is 6.92 Å². The average Bonchev–Trinajstić information content (AvgIpc) is 2.36. The maximum atomic E-state index is 11.5. The number of ether oxygens (including phenoxy) is 1. The normalized spacial score (nSPS) is 9.79. The zero-order chi connectivity index (χ0) is 14.6. The van der Waals surface area contributed by atoms with Gasteiger partial charge in [0.15, 0.2) is 5.69 Å². The standard InChI is InChI=1S/C10H11N3O6/c1-3-19-10(14)6-4-7(12(15)16)9(11-2)8(5-6)13(17)18/h4-5,11H,3H2,1-2H3. The number of nitro groups is 2. The van der Waals surface area contributed by atoms with Crippen LogP contribution in [0.15, 0.2) is 12.1 Å². The van der Waals surface area contributed by atoms with Gasteiger partial charge in [0.25, 0.3) is 11.4 Å². The van der Waals surface area contributed by atoms with Crippen LogP contribution >= 0.6 is 0 Å². The molecule has 0 atom stereocenters. The van der Waals surface area contributed by atoms with E-state index in [1.54, 1.807) is 6.92 Å². The fourth-order valence-corrected chi connectivity index (χ4v) is 1.49. The van der Waals surface area contributed by atoms with Crippen molar-refractivity contribution in [1.82, 2.24) is 0 Å². The number of rotatable bonds is 5. The Hall–Kier alpha value is -2.71. The summed E-state index contributed by atoms with van der Waals surface area (Å²) in [5, 5.41) is 24.1. The highest BCUT2D eigenvalue weighted by Gasteiger charge is 2.28. The summed E-state index contributed by atoms with van der Waals surface area (Å²) in [6.07, 6.45) is 0. The van der Waals surface area contributed by atoms with Crippen molar-refractivity contribution in [2.75, 3.05) is 19.0 Å². The Morgan fingerprint density at radius 3 is 2.05 bits per heavy atom. The molecule has 0 fully saturated rings. The summed E-state index contributed by atoms with van der Waals surface area (Å²) in [5.74, 6) is -0.851. The molecule has 0 saturated carbocycles. The minimum absolute atomic E-state index is 0.0637. The van der Waals surface area contributed by atoms with E-state index in [-0.39, 0.29) is 17.9 Å². The van der Waals surface area contributed by atoms with E-state index in [1.807, 2.05) is 0 Å². The summed E-state index contributed by atoms with van der Waals surface area (Å²) < 4.78 is 4.67. The fraction of sp³-hybridized carbons (Fsp3) is 0.300. The number of benzene rings is 1. The summed E-state index contributed by atoms with van der Waals surface area (Å²) in [4.78, 5) is 31.7. The van der Waals surface area contributed by atoms with Crippen molar-refractivity contribution in [3.63, 3.8) is 0 Å². The van der Waals surface area contributed by atoms with Gasteiger partial charge in [-0.25, -0.2) is 4.79 Å². The predicted molar refractivity (Wildman–Crippen MR) is 65.3 cm³/mol. The number of carbonyl (C=O) groups is 1. The van der Waals surface area contributed by atoms with Crippen LogP contribution in [-0.4, -0.2) is 29.5 Å². The first-order chi connectivity index (χ1) is 8.92. The zero-order valence-electron chi connectivity index (χ0n) is 10.2. The van der Waals surface area contributed by atoms with Gasteiger partial charge in [-0.15, -0.1) is 0 Å². The van der Waals surface area contributed by atoms with Crippen LogP contribution in [0.1, 0.15) is 17.3 Å². The summed E-state index contributed by atoms with van der Waals surface area (Å²) >= 11 is 0. The fourth-order valence-electron chi connectivity index (χ4n) is 1.49. The van der Waals surface area contributed by atoms with E-state index in [1.165, 1.54) is 7.05 Å². The van der Waals surface area contributed by atoms with Crippen LogP contribution < -0.4 is 5.32 Å². The molecule has 0 aliphatic heterocycles. The Kier molecular flexibility index (Phi) is 4.35. The van der Waals surface area contributed by atoms with Crippen molar-refractivity contribution in [2.24, 2.45) is 0 Å². The lowest BCUT2D eigenvalue weighted by Crippen LogP contribution is -2.08. The number of nitrogens with zero attached hydrogens (tertiary/aromatic N) is 2. The third-order valence-corrected chi connectivity index (χ3v) is 2.25. The van der Waals surface area contributed by atoms with Crippen molar-refractivity contribution in [1.29, 1.82) is 0 Å². The van der Waals surface area contributed by atoms with Gasteiger partial charge in [0.1, 0.15) is 0 Å². The molecule has 0 unspecified atom stereocenters. The number of carbonyl (C=O) groups excluding carboxylic acids is 1. The van der Waals surface area contributed by atoms with Crippen LogP contribution in [0.3, 0.4) is 0 Å². The molecular formula is C10H11N3O6. The molecule has 19 heavy (non-hydrogen) atoms. The SMILES string of the molecule is CCOC(=O)c1cc([N+](=O)[O-])c(NC)c([N+](=O)[O-])c1. The third kappa shape index (κ3) is 2.94. The zero-order valence-corrected chi connectivity index (χ0v) is 10.2. The number of esters is 1. The van der Waals surface area contributed by atoms with Gasteiger partial charge in [0.2, 0.25) is 0 Å². The highest BCUT2D eigenvalue weighted by Crippen LogP contribution is 2.35. The Morgan fingerprint density at radius 2 is 1.74 bits per heavy atom. The minimum atomic E-state index is -0.851. The molecule has 0 amide bonds. The summed E-state index contributed by atoms with van der Waals surface area (Å²) in [6.45, 7) is 1.62. The molecule has 1 aromatic rings. The first kappa shape index (κ1) is 14.4. The number of nitro benzene ring substituents is 2. The Bertz CT molecular complexity index is 507. The van der Waals surface area contributed by atoms with Crippen molar-refractivity contribution >= 4 is 23.0 Å². The van der Waals surface area contributed by atoms with Crippen LogP contribution in [0.4, 0.5) is 17.1 Å². The summed E-state index contributed by atoms with van der Waals surface area (Å²) in [5.41, 5.74) is -1.61. The van der Waals surface area contributed by atoms with Gasteiger partial charge in [-0.1, -0.05) is 0 Å². The molecule has 0 bridgehead atoms. The monoisotopic (exact) mass is 269 g/mol. The molecule has 0 radical (unpaired) electrons. The van der Waals surface area contributed by atoms with Gasteiger partial charge >= 0.3 is 5.97 Å². The van der Waals surface area contributed by atoms with E-state index in [0.29, 0.717) is 0 Å². The Balaban J connectivity index is 3.49. The molecule has 0 aliphatic carbocycles. The number of hydrogen-bond acceptors (Lipinski definition) is 7. The second-order valence-corrected chi connectivity index (χ2v) is 3.37. The molecule has 1 rings (SSSR count). The number of hydrogen-bond donors (Lipinski definition) is 1. The van der Waals surface area contributed by atoms with Crippen LogP contribution in [-0.2, 0) is 4.74 Å². The predicted octanol–water partition coefficient (Wildman–Crippen LogP) is 1.72. The second-order valence-electron chi connectivity index (χ2n) is 3.37. The smallest absolute Gasteiger partial charge is 0.338 e. The maximum absolute atomic E-state index is 11.5. The van der Waals surface area contributed by atoms with Gasteiger partial charge in [0.05, 0.1) is 22.0 Å². The van der Waals surface area contributed by atoms with Crippen molar-refractivity contribution < 1.29 is 19.4 Å². The molecule has 1 aromatic carbocycles. The van der Waals surface area contributed by atoms with Crippen LogP contribution in [0, 0.1) is 20.2 Å². The summed E-state index contributed by atoms with van der Waals surface area (Å²) in [6, 6.07) is 1.88. The van der Waals surface area contributed by atoms with Crippen LogP contribution in [0.25, 0.3) is 0 Å². The van der Waals surface area contributed by atoms with Crippen molar-refractivity contribution in [3.8, 4) is 0 Å². The third-order valence-electron chi connectivity index (χ3n) is 2.25. The molecule has 0 spiro atoms. The lowest BCUT2D eigenvalue weighted by Gasteiger charge is -2.06. The van der Waals surface area contributed by atoms with Gasteiger partial charge in [0, 0.05) is 19.2 Å². The second kappa shape index (κ2) is 5.76. The van der Waals surface area contributed by atoms with E-state index >= 15 is 0 Å². The van der Waals surface area contributed by atoms with E-state index in [4.69, 9.17) is 0 Å². The average molecular weight is 269 g/mol. The number of nitrogens with one attached hydrogen (secondary N) is 1. The first-order valence-electron chi connectivity index (χ1n) is 5.24. The maximum Gasteiger partial charge on any atom is 0.338 e. The van der Waals surface area contributed by atoms with Crippen LogP contribution in [0.5, 0.6) is 0 Å². The molecule has 0 aromatic heterocycles. The van der Waals surface area contributed by atoms with Gasteiger partial charge in [-0.05, 0) is 6.92 Å². The highest BCUT2D eigenvalue weighted by molar-refractivity contribution is 5.93. The molecule has 0 heterocycles. The van der Waals surface area contributed by atoms with Gasteiger partial charge in [-0.3, -0.25) is 20.2 Å². The van der Waals surface area contributed by atoms with Crippen LogP contribution in [0.2, 0.25) is 0 Å². The first-order valence-corrected chi connectivity index (χ1v) is 5.24. The number of anilines is 1. The van der Waals surface area contributed by atoms with Crippen molar-refractivity contribution in [3.05, 3.63) is 37.9 Å². The quantitative estimate of drug-likeness (QED) is 0.490. The van der Waals surface area contributed by atoms with E-state index in [9.17, 15) is 25.0 Å². The van der Waals surface area contributed by atoms with E-state index < -0.39 is 27.2 Å². The Labute approximate surface area is 107 Å². The van der Waals surface area contributed by atoms with E-state index in [2.05, 4.69) is 10.1 Å². The molecule has 0 saturated heterocycles. The summed E-state index contributed by atoms with van der Waals surface area (Å²) in [7, 11) is 1.32. The van der Waals surface area contributed by atoms with Gasteiger partial charge < -0.3 is 10.1 Å².